The van der Waals surface area contributed by atoms with E-state index in [9.17, 15) is 8.42 Å². The first-order valence-corrected chi connectivity index (χ1v) is 8.98. The van der Waals surface area contributed by atoms with E-state index in [1.807, 2.05) is 43.1 Å². The summed E-state index contributed by atoms with van der Waals surface area (Å²) in [5.41, 5.74) is 2.64. The van der Waals surface area contributed by atoms with Crippen molar-refractivity contribution in [3.63, 3.8) is 0 Å². The third-order valence-corrected chi connectivity index (χ3v) is 5.00. The van der Waals surface area contributed by atoms with Gasteiger partial charge in [0, 0.05) is 7.05 Å². The van der Waals surface area contributed by atoms with Crippen LogP contribution in [0.25, 0.3) is 11.0 Å². The van der Waals surface area contributed by atoms with Gasteiger partial charge in [-0.2, -0.15) is 0 Å². The highest BCUT2D eigenvalue weighted by Gasteiger charge is 2.15. The van der Waals surface area contributed by atoms with Crippen LogP contribution in [-0.2, 0) is 10.0 Å². The van der Waals surface area contributed by atoms with Gasteiger partial charge < -0.3 is 4.90 Å². The molecular formula is C17H18N4O2S. The van der Waals surface area contributed by atoms with Crippen molar-refractivity contribution in [1.82, 2.24) is 9.97 Å². The minimum absolute atomic E-state index is 0.00464. The fourth-order valence-electron chi connectivity index (χ4n) is 2.48. The fourth-order valence-corrected chi connectivity index (χ4v) is 2.99. The van der Waals surface area contributed by atoms with Gasteiger partial charge in [0.25, 0.3) is 0 Å². The van der Waals surface area contributed by atoms with Crippen LogP contribution in [0.4, 0.5) is 5.82 Å². The number of fused-ring (bicyclic) bond motifs is 1. The maximum atomic E-state index is 11.3. The molecule has 3 rings (SSSR count). The predicted octanol–water partition coefficient (Wildman–Crippen LogP) is 2.47. The van der Waals surface area contributed by atoms with Crippen molar-refractivity contribution in [1.29, 1.82) is 0 Å². The Morgan fingerprint density at radius 3 is 2.29 bits per heavy atom. The lowest BCUT2D eigenvalue weighted by atomic mass is 10.1. The van der Waals surface area contributed by atoms with E-state index >= 15 is 0 Å². The molecule has 0 fully saturated rings. The predicted molar refractivity (Wildman–Crippen MR) is 94.2 cm³/mol. The highest BCUT2D eigenvalue weighted by Crippen LogP contribution is 2.25. The van der Waals surface area contributed by atoms with Crippen molar-refractivity contribution in [2.45, 2.75) is 17.9 Å². The summed E-state index contributed by atoms with van der Waals surface area (Å²) in [6.45, 7) is 2.02. The van der Waals surface area contributed by atoms with Crippen molar-refractivity contribution in [3.8, 4) is 0 Å². The topological polar surface area (TPSA) is 89.2 Å². The molecular weight excluding hydrogens is 324 g/mol. The molecule has 2 aromatic carbocycles. The van der Waals surface area contributed by atoms with E-state index in [2.05, 4.69) is 9.97 Å². The van der Waals surface area contributed by atoms with Crippen molar-refractivity contribution in [3.05, 3.63) is 60.3 Å². The molecule has 24 heavy (non-hydrogen) atoms. The normalized spacial score (nSPS) is 13.0. The van der Waals surface area contributed by atoms with E-state index in [0.717, 1.165) is 22.4 Å². The summed E-state index contributed by atoms with van der Waals surface area (Å²) in [7, 11) is -1.75. The van der Waals surface area contributed by atoms with Gasteiger partial charge in [0.05, 0.1) is 28.2 Å². The van der Waals surface area contributed by atoms with E-state index in [0.29, 0.717) is 0 Å². The number of aromatic nitrogens is 2. The zero-order chi connectivity index (χ0) is 17.3. The van der Waals surface area contributed by atoms with Gasteiger partial charge in [0.15, 0.2) is 0 Å². The number of rotatable bonds is 4. The summed E-state index contributed by atoms with van der Waals surface area (Å²) < 4.78 is 22.7. The number of para-hydroxylation sites is 2. The van der Waals surface area contributed by atoms with E-state index in [4.69, 9.17) is 5.14 Å². The molecule has 2 N–H and O–H groups in total. The van der Waals surface area contributed by atoms with Crippen LogP contribution in [0.15, 0.2) is 59.6 Å². The lowest BCUT2D eigenvalue weighted by molar-refractivity contribution is 0.597. The SMILES string of the molecule is C[C@H](c1ccc(S(N)(=O)=O)cc1)N(C)c1cnc2ccccc2n1. The quantitative estimate of drug-likeness (QED) is 0.787. The monoisotopic (exact) mass is 342 g/mol. The zero-order valence-electron chi connectivity index (χ0n) is 13.4. The number of nitrogens with zero attached hydrogens (tertiary/aromatic N) is 3. The molecule has 0 radical (unpaired) electrons. The van der Waals surface area contributed by atoms with Gasteiger partial charge in [-0.3, -0.25) is 4.98 Å². The lowest BCUT2D eigenvalue weighted by Crippen LogP contribution is -2.23. The Labute approximate surface area is 141 Å². The average molecular weight is 342 g/mol. The van der Waals surface area contributed by atoms with E-state index in [1.54, 1.807) is 18.3 Å². The van der Waals surface area contributed by atoms with Gasteiger partial charge in [-0.1, -0.05) is 24.3 Å². The molecule has 0 spiro atoms. The molecule has 6 nitrogen and oxygen atoms in total. The summed E-state index contributed by atoms with van der Waals surface area (Å²) in [5.74, 6) is 0.747. The van der Waals surface area contributed by atoms with Gasteiger partial charge >= 0.3 is 0 Å². The van der Waals surface area contributed by atoms with Crippen LogP contribution >= 0.6 is 0 Å². The van der Waals surface area contributed by atoms with Crippen LogP contribution in [0.3, 0.4) is 0 Å². The van der Waals surface area contributed by atoms with Crippen LogP contribution in [0.2, 0.25) is 0 Å². The van der Waals surface area contributed by atoms with Crippen LogP contribution in [-0.4, -0.2) is 25.4 Å². The summed E-state index contributed by atoms with van der Waals surface area (Å²) >= 11 is 0. The van der Waals surface area contributed by atoms with Crippen LogP contribution in [0, 0.1) is 0 Å². The molecule has 7 heteroatoms. The highest BCUT2D eigenvalue weighted by molar-refractivity contribution is 7.89. The third-order valence-electron chi connectivity index (χ3n) is 4.07. The second-order valence-corrected chi connectivity index (χ2v) is 7.18. The van der Waals surface area contributed by atoms with E-state index in [1.165, 1.54) is 12.1 Å². The Kier molecular flexibility index (Phi) is 4.21. The highest BCUT2D eigenvalue weighted by atomic mass is 32.2. The Hall–Kier alpha value is -2.51. The Morgan fingerprint density at radius 1 is 1.04 bits per heavy atom. The number of hydrogen-bond donors (Lipinski definition) is 1. The second kappa shape index (κ2) is 6.18. The molecule has 0 aliphatic heterocycles. The summed E-state index contributed by atoms with van der Waals surface area (Å²) in [6, 6.07) is 14.2. The molecule has 0 unspecified atom stereocenters. The molecule has 1 heterocycles. The molecule has 0 bridgehead atoms. The molecule has 124 valence electrons. The van der Waals surface area contributed by atoms with Crippen molar-refractivity contribution < 1.29 is 8.42 Å². The lowest BCUT2D eigenvalue weighted by Gasteiger charge is -2.26. The maximum Gasteiger partial charge on any atom is 0.238 e. The first kappa shape index (κ1) is 16.4. The maximum absolute atomic E-state index is 11.3. The Morgan fingerprint density at radius 2 is 1.67 bits per heavy atom. The number of nitrogens with two attached hydrogens (primary N) is 1. The number of sulfonamides is 1. The average Bonchev–Trinajstić information content (AvgIpc) is 2.59. The molecule has 0 aliphatic rings. The molecule has 0 saturated carbocycles. The van der Waals surface area contributed by atoms with Crippen LogP contribution < -0.4 is 10.0 Å². The minimum atomic E-state index is -3.68. The van der Waals surface area contributed by atoms with Gasteiger partial charge in [-0.15, -0.1) is 0 Å². The fraction of sp³-hybridized carbons (Fsp3) is 0.176. The Bertz CT molecular complexity index is 971. The summed E-state index contributed by atoms with van der Waals surface area (Å²) in [6.07, 6.45) is 1.73. The number of primary sulfonamides is 1. The summed E-state index contributed by atoms with van der Waals surface area (Å²) in [4.78, 5) is 11.1. The zero-order valence-corrected chi connectivity index (χ0v) is 14.2. The molecule has 0 saturated heterocycles. The van der Waals surface area contributed by atoms with Crippen molar-refractivity contribution in [2.24, 2.45) is 5.14 Å². The summed E-state index contributed by atoms with van der Waals surface area (Å²) in [5, 5.41) is 5.13. The standard InChI is InChI=1S/C17H18N4O2S/c1-12(13-7-9-14(10-8-13)24(18,22)23)21(2)17-11-19-15-5-3-4-6-16(15)20-17/h3-12H,1-2H3,(H2,18,22,23)/t12-/m1/s1. The van der Waals surface area contributed by atoms with Crippen molar-refractivity contribution >= 4 is 26.9 Å². The third kappa shape index (κ3) is 3.22. The largest absolute Gasteiger partial charge is 0.352 e. The van der Waals surface area contributed by atoms with Crippen LogP contribution in [0.5, 0.6) is 0 Å². The van der Waals surface area contributed by atoms with Crippen LogP contribution in [0.1, 0.15) is 18.5 Å². The number of benzene rings is 2. The first-order chi connectivity index (χ1) is 11.4. The number of hydrogen-bond acceptors (Lipinski definition) is 5. The smallest absolute Gasteiger partial charge is 0.238 e. The van der Waals surface area contributed by atoms with Gasteiger partial charge in [0.2, 0.25) is 10.0 Å². The van der Waals surface area contributed by atoms with Gasteiger partial charge in [-0.25, -0.2) is 18.5 Å². The Balaban J connectivity index is 1.89. The van der Waals surface area contributed by atoms with E-state index in [-0.39, 0.29) is 10.9 Å². The molecule has 1 atom stereocenters. The van der Waals surface area contributed by atoms with Crippen molar-refractivity contribution in [2.75, 3.05) is 11.9 Å². The second-order valence-electron chi connectivity index (χ2n) is 5.62. The minimum Gasteiger partial charge on any atom is -0.352 e. The molecule has 3 aromatic rings. The molecule has 0 aliphatic carbocycles. The van der Waals surface area contributed by atoms with Gasteiger partial charge in [0.1, 0.15) is 5.82 Å². The molecule has 1 aromatic heterocycles. The van der Waals surface area contributed by atoms with Gasteiger partial charge in [-0.05, 0) is 36.8 Å². The number of anilines is 1. The first-order valence-electron chi connectivity index (χ1n) is 7.43. The van der Waals surface area contributed by atoms with E-state index < -0.39 is 10.0 Å². The molecule has 0 amide bonds.